The van der Waals surface area contributed by atoms with Gasteiger partial charge in [-0.3, -0.25) is 4.40 Å². The Labute approximate surface area is 126 Å². The smallest absolute Gasteiger partial charge is 0.194 e. The maximum Gasteiger partial charge on any atom is 0.194 e. The van der Waals surface area contributed by atoms with Crippen molar-refractivity contribution >= 4 is 33.0 Å². The van der Waals surface area contributed by atoms with E-state index in [2.05, 4.69) is 69.5 Å². The van der Waals surface area contributed by atoms with Gasteiger partial charge in [0.25, 0.3) is 0 Å². The zero-order chi connectivity index (χ0) is 14.2. The molecule has 1 N–H and O–H groups in total. The number of fused-ring (bicyclic) bond motifs is 3. The molecule has 3 nitrogen and oxygen atoms in total. The van der Waals surface area contributed by atoms with Gasteiger partial charge in [-0.15, -0.1) is 11.3 Å². The lowest BCUT2D eigenvalue weighted by Gasteiger charge is -2.08. The van der Waals surface area contributed by atoms with Crippen molar-refractivity contribution in [2.75, 3.05) is 5.32 Å². The molecule has 4 heteroatoms. The van der Waals surface area contributed by atoms with Gasteiger partial charge in [-0.25, -0.2) is 4.98 Å². The van der Waals surface area contributed by atoms with Crippen molar-refractivity contribution in [1.82, 2.24) is 9.38 Å². The first-order valence-corrected chi connectivity index (χ1v) is 7.84. The monoisotopic (exact) mass is 293 g/mol. The maximum atomic E-state index is 4.66. The molecule has 0 aliphatic carbocycles. The summed E-state index contributed by atoms with van der Waals surface area (Å²) in [6, 6.07) is 16.6. The van der Waals surface area contributed by atoms with Crippen LogP contribution in [0.1, 0.15) is 11.3 Å². The molecule has 2 aromatic carbocycles. The highest BCUT2D eigenvalue weighted by Crippen LogP contribution is 2.24. The summed E-state index contributed by atoms with van der Waals surface area (Å²) >= 11 is 1.69. The Bertz CT molecular complexity index is 920. The maximum absolute atomic E-state index is 4.66. The first-order chi connectivity index (χ1) is 10.3. The van der Waals surface area contributed by atoms with Gasteiger partial charge < -0.3 is 5.32 Å². The van der Waals surface area contributed by atoms with E-state index in [0.717, 1.165) is 17.0 Å². The number of anilines is 1. The van der Waals surface area contributed by atoms with E-state index < -0.39 is 0 Å². The van der Waals surface area contributed by atoms with E-state index in [1.807, 2.05) is 6.07 Å². The third-order valence-electron chi connectivity index (χ3n) is 3.72. The summed E-state index contributed by atoms with van der Waals surface area (Å²) in [4.78, 5) is 5.72. The number of para-hydroxylation sites is 3. The molecule has 2 heterocycles. The Hall–Kier alpha value is -2.33. The third kappa shape index (κ3) is 2.08. The van der Waals surface area contributed by atoms with Crippen LogP contribution < -0.4 is 5.32 Å². The van der Waals surface area contributed by atoms with Crippen LogP contribution in [0.25, 0.3) is 16.0 Å². The topological polar surface area (TPSA) is 29.3 Å². The van der Waals surface area contributed by atoms with Crippen LogP contribution in [0.15, 0.2) is 53.9 Å². The number of benzene rings is 2. The van der Waals surface area contributed by atoms with Crippen molar-refractivity contribution in [1.29, 1.82) is 0 Å². The number of aromatic nitrogens is 2. The van der Waals surface area contributed by atoms with E-state index in [-0.39, 0.29) is 0 Å². The predicted octanol–water partition coefficient (Wildman–Crippen LogP) is 4.47. The van der Waals surface area contributed by atoms with Crippen molar-refractivity contribution in [2.45, 2.75) is 13.5 Å². The van der Waals surface area contributed by atoms with E-state index in [0.29, 0.717) is 0 Å². The SMILES string of the molecule is Cc1ccccc1NCc1csc2nc3ccccc3n12. The van der Waals surface area contributed by atoms with Gasteiger partial charge in [-0.05, 0) is 30.7 Å². The lowest BCUT2D eigenvalue weighted by molar-refractivity contribution is 1.03. The first kappa shape index (κ1) is 12.4. The van der Waals surface area contributed by atoms with E-state index in [9.17, 15) is 0 Å². The molecular weight excluding hydrogens is 278 g/mol. The number of nitrogens with zero attached hydrogens (tertiary/aromatic N) is 2. The van der Waals surface area contributed by atoms with Gasteiger partial charge in [0.1, 0.15) is 0 Å². The lowest BCUT2D eigenvalue weighted by atomic mass is 10.2. The van der Waals surface area contributed by atoms with Crippen molar-refractivity contribution < 1.29 is 0 Å². The molecule has 0 atom stereocenters. The van der Waals surface area contributed by atoms with Crippen LogP contribution in [0, 0.1) is 6.92 Å². The second kappa shape index (κ2) is 4.90. The van der Waals surface area contributed by atoms with Crippen LogP contribution in [-0.2, 0) is 6.54 Å². The number of hydrogen-bond acceptors (Lipinski definition) is 3. The van der Waals surface area contributed by atoms with E-state index in [1.54, 1.807) is 11.3 Å². The van der Waals surface area contributed by atoms with Gasteiger partial charge in [0.2, 0.25) is 0 Å². The fourth-order valence-electron chi connectivity index (χ4n) is 2.61. The minimum atomic E-state index is 0.797. The molecule has 0 fully saturated rings. The quantitative estimate of drug-likeness (QED) is 0.604. The summed E-state index contributed by atoms with van der Waals surface area (Å²) in [6.07, 6.45) is 0. The molecule has 0 radical (unpaired) electrons. The number of rotatable bonds is 3. The Kier molecular flexibility index (Phi) is 2.89. The fourth-order valence-corrected chi connectivity index (χ4v) is 3.51. The second-order valence-electron chi connectivity index (χ2n) is 5.11. The standard InChI is InChI=1S/C17H15N3S/c1-12-6-2-3-7-14(12)18-10-13-11-21-17-19-15-8-4-5-9-16(15)20(13)17/h2-9,11,18H,10H2,1H3. The van der Waals surface area contributed by atoms with Crippen LogP contribution in [0.3, 0.4) is 0 Å². The molecule has 4 rings (SSSR count). The largest absolute Gasteiger partial charge is 0.379 e. The number of imidazole rings is 1. The van der Waals surface area contributed by atoms with Crippen LogP contribution >= 0.6 is 11.3 Å². The zero-order valence-electron chi connectivity index (χ0n) is 11.7. The summed E-state index contributed by atoms with van der Waals surface area (Å²) < 4.78 is 2.24. The van der Waals surface area contributed by atoms with Gasteiger partial charge in [0, 0.05) is 11.1 Å². The fraction of sp³-hybridized carbons (Fsp3) is 0.118. The minimum Gasteiger partial charge on any atom is -0.379 e. The van der Waals surface area contributed by atoms with Crippen LogP contribution in [0.2, 0.25) is 0 Å². The Balaban J connectivity index is 1.72. The molecular formula is C17H15N3S. The summed E-state index contributed by atoms with van der Waals surface area (Å²) in [6.45, 7) is 2.92. The molecule has 0 aliphatic heterocycles. The summed E-state index contributed by atoms with van der Waals surface area (Å²) in [5, 5.41) is 5.70. The molecule has 0 saturated carbocycles. The second-order valence-corrected chi connectivity index (χ2v) is 5.95. The van der Waals surface area contributed by atoms with Gasteiger partial charge in [-0.1, -0.05) is 30.3 Å². The first-order valence-electron chi connectivity index (χ1n) is 6.96. The molecule has 2 aromatic heterocycles. The summed E-state index contributed by atoms with van der Waals surface area (Å²) in [5.41, 5.74) is 5.92. The van der Waals surface area contributed by atoms with Crippen LogP contribution in [-0.4, -0.2) is 9.38 Å². The average Bonchev–Trinajstić information content (AvgIpc) is 3.05. The molecule has 0 aliphatic rings. The number of hydrogen-bond donors (Lipinski definition) is 1. The lowest BCUT2D eigenvalue weighted by Crippen LogP contribution is -2.03. The van der Waals surface area contributed by atoms with Gasteiger partial charge in [-0.2, -0.15) is 0 Å². The van der Waals surface area contributed by atoms with Gasteiger partial charge in [0.15, 0.2) is 4.96 Å². The van der Waals surface area contributed by atoms with Crippen molar-refractivity contribution in [3.63, 3.8) is 0 Å². The number of thiazole rings is 1. The average molecular weight is 293 g/mol. The molecule has 0 amide bonds. The molecule has 0 spiro atoms. The van der Waals surface area contributed by atoms with Crippen molar-refractivity contribution in [3.05, 3.63) is 65.2 Å². The molecule has 4 aromatic rings. The Morgan fingerprint density at radius 2 is 1.90 bits per heavy atom. The predicted molar refractivity (Wildman–Crippen MR) is 89.1 cm³/mol. The normalized spacial score (nSPS) is 11.3. The van der Waals surface area contributed by atoms with E-state index >= 15 is 0 Å². The van der Waals surface area contributed by atoms with Crippen LogP contribution in [0.5, 0.6) is 0 Å². The van der Waals surface area contributed by atoms with Crippen LogP contribution in [0.4, 0.5) is 5.69 Å². The Morgan fingerprint density at radius 1 is 1.10 bits per heavy atom. The molecule has 104 valence electrons. The molecule has 21 heavy (non-hydrogen) atoms. The van der Waals surface area contributed by atoms with E-state index in [1.165, 1.54) is 22.5 Å². The highest BCUT2D eigenvalue weighted by Gasteiger charge is 2.10. The highest BCUT2D eigenvalue weighted by molar-refractivity contribution is 7.15. The zero-order valence-corrected chi connectivity index (χ0v) is 12.5. The summed E-state index contributed by atoms with van der Waals surface area (Å²) in [5.74, 6) is 0. The third-order valence-corrected chi connectivity index (χ3v) is 4.60. The highest BCUT2D eigenvalue weighted by atomic mass is 32.1. The van der Waals surface area contributed by atoms with Gasteiger partial charge in [0.05, 0.1) is 23.3 Å². The Morgan fingerprint density at radius 3 is 2.81 bits per heavy atom. The number of nitrogens with one attached hydrogen (secondary N) is 1. The molecule has 0 unspecified atom stereocenters. The van der Waals surface area contributed by atoms with Gasteiger partial charge >= 0.3 is 0 Å². The molecule has 0 bridgehead atoms. The number of aryl methyl sites for hydroxylation is 1. The van der Waals surface area contributed by atoms with E-state index in [4.69, 9.17) is 0 Å². The van der Waals surface area contributed by atoms with Crippen molar-refractivity contribution in [3.8, 4) is 0 Å². The molecule has 0 saturated heterocycles. The minimum absolute atomic E-state index is 0.797. The van der Waals surface area contributed by atoms with Crippen molar-refractivity contribution in [2.24, 2.45) is 0 Å². The summed E-state index contributed by atoms with van der Waals surface area (Å²) in [7, 11) is 0.